The van der Waals surface area contributed by atoms with Crippen molar-refractivity contribution in [3.63, 3.8) is 0 Å². The van der Waals surface area contributed by atoms with Crippen molar-refractivity contribution in [2.45, 2.75) is 13.0 Å². The van der Waals surface area contributed by atoms with Crippen molar-refractivity contribution in [2.75, 3.05) is 19.7 Å². The number of carbonyl (C=O) groups is 2. The predicted octanol–water partition coefficient (Wildman–Crippen LogP) is -1.74. The van der Waals surface area contributed by atoms with Crippen LogP contribution in [0.1, 0.15) is 6.92 Å². The highest BCUT2D eigenvalue weighted by atomic mass is 16.7. The number of β-amino-alcohol motifs (C(OH)–C–C–N with tert-alkyl or cyclic N) is 1. The van der Waals surface area contributed by atoms with Gasteiger partial charge in [0.15, 0.2) is 0 Å². The van der Waals surface area contributed by atoms with E-state index in [0.717, 1.165) is 5.06 Å². The molecule has 13 heavy (non-hydrogen) atoms. The van der Waals surface area contributed by atoms with Crippen LogP contribution in [0, 0.1) is 0 Å². The second-order valence-corrected chi connectivity index (χ2v) is 2.81. The van der Waals surface area contributed by atoms with Gasteiger partial charge in [-0.05, 0) is 0 Å². The van der Waals surface area contributed by atoms with Gasteiger partial charge in [0.1, 0.15) is 6.61 Å². The van der Waals surface area contributed by atoms with Crippen LogP contribution in [0.3, 0.4) is 0 Å². The Morgan fingerprint density at radius 3 is 2.85 bits per heavy atom. The smallest absolute Gasteiger partial charge is 0.265 e. The Hall–Kier alpha value is -1.14. The van der Waals surface area contributed by atoms with E-state index in [4.69, 9.17) is 9.94 Å². The molecule has 2 N–H and O–H groups in total. The van der Waals surface area contributed by atoms with Gasteiger partial charge in [-0.3, -0.25) is 14.4 Å². The molecule has 0 unspecified atom stereocenters. The first kappa shape index (κ1) is 9.94. The molecule has 1 aliphatic rings. The van der Waals surface area contributed by atoms with Crippen LogP contribution in [0.5, 0.6) is 0 Å². The fraction of sp³-hybridized carbons (Fsp3) is 0.714. The summed E-state index contributed by atoms with van der Waals surface area (Å²) in [4.78, 5) is 26.5. The van der Waals surface area contributed by atoms with Gasteiger partial charge in [0, 0.05) is 6.92 Å². The minimum Gasteiger partial charge on any atom is -0.389 e. The van der Waals surface area contributed by atoms with E-state index in [2.05, 4.69) is 5.32 Å². The summed E-state index contributed by atoms with van der Waals surface area (Å²) in [6.07, 6.45) is -0.624. The number of hydrogen-bond donors (Lipinski definition) is 2. The zero-order chi connectivity index (χ0) is 9.84. The van der Waals surface area contributed by atoms with Gasteiger partial charge in [0.25, 0.3) is 5.91 Å². The summed E-state index contributed by atoms with van der Waals surface area (Å²) in [7, 11) is 0. The minimum atomic E-state index is -0.624. The second-order valence-electron chi connectivity index (χ2n) is 2.81. The maximum Gasteiger partial charge on any atom is 0.265 e. The van der Waals surface area contributed by atoms with Crippen LogP contribution < -0.4 is 5.32 Å². The molecule has 0 saturated carbocycles. The van der Waals surface area contributed by atoms with Crippen LogP contribution in [-0.2, 0) is 14.4 Å². The number of nitrogens with one attached hydrogen (secondary N) is 1. The molecule has 1 aliphatic heterocycles. The molecule has 6 heteroatoms. The quantitative estimate of drug-likeness (QED) is 0.539. The molecule has 1 saturated heterocycles. The Labute approximate surface area is 75.4 Å². The third kappa shape index (κ3) is 3.00. The Bertz CT molecular complexity index is 219. The fourth-order valence-corrected chi connectivity index (χ4v) is 0.935. The van der Waals surface area contributed by atoms with Gasteiger partial charge in [0.05, 0.1) is 19.2 Å². The van der Waals surface area contributed by atoms with Gasteiger partial charge >= 0.3 is 0 Å². The average molecular weight is 188 g/mol. The fourth-order valence-electron chi connectivity index (χ4n) is 0.935. The SMILES string of the molecule is CC(=O)NCC(=O)N1C[C@@H](O)CO1. The van der Waals surface area contributed by atoms with Crippen LogP contribution >= 0.6 is 0 Å². The maximum absolute atomic E-state index is 11.2. The number of aliphatic hydroxyl groups excluding tert-OH is 1. The zero-order valence-corrected chi connectivity index (χ0v) is 7.32. The van der Waals surface area contributed by atoms with E-state index in [1.807, 2.05) is 0 Å². The molecule has 2 amide bonds. The van der Waals surface area contributed by atoms with Crippen molar-refractivity contribution in [3.05, 3.63) is 0 Å². The summed E-state index contributed by atoms with van der Waals surface area (Å²) >= 11 is 0. The molecule has 0 aliphatic carbocycles. The Morgan fingerprint density at radius 1 is 1.69 bits per heavy atom. The standard InChI is InChI=1S/C7H12N2O4/c1-5(10)8-2-7(12)9-3-6(11)4-13-9/h6,11H,2-4H2,1H3,(H,8,10)/t6-/m1/s1. The average Bonchev–Trinajstić information content (AvgIpc) is 2.47. The Morgan fingerprint density at radius 2 is 2.38 bits per heavy atom. The molecule has 0 radical (unpaired) electrons. The molecule has 0 aromatic heterocycles. The number of carbonyl (C=O) groups excluding carboxylic acids is 2. The molecule has 1 fully saturated rings. The normalized spacial score (nSPS) is 21.7. The summed E-state index contributed by atoms with van der Waals surface area (Å²) in [6, 6.07) is 0. The van der Waals surface area contributed by atoms with Crippen molar-refractivity contribution in [1.29, 1.82) is 0 Å². The van der Waals surface area contributed by atoms with Crippen LogP contribution in [-0.4, -0.2) is 47.8 Å². The Balaban J connectivity index is 2.27. The molecule has 0 aromatic carbocycles. The third-order valence-corrected chi connectivity index (χ3v) is 1.57. The predicted molar refractivity (Wildman–Crippen MR) is 42.4 cm³/mol. The lowest BCUT2D eigenvalue weighted by Crippen LogP contribution is -2.38. The van der Waals surface area contributed by atoms with Gasteiger partial charge in [-0.1, -0.05) is 0 Å². The molecule has 1 rings (SSSR count). The van der Waals surface area contributed by atoms with E-state index in [1.54, 1.807) is 0 Å². The first-order valence-electron chi connectivity index (χ1n) is 3.95. The summed E-state index contributed by atoms with van der Waals surface area (Å²) in [5.41, 5.74) is 0. The van der Waals surface area contributed by atoms with Crippen molar-refractivity contribution in [1.82, 2.24) is 10.4 Å². The zero-order valence-electron chi connectivity index (χ0n) is 7.32. The topological polar surface area (TPSA) is 78.9 Å². The highest BCUT2D eigenvalue weighted by Crippen LogP contribution is 2.04. The molecule has 0 bridgehead atoms. The first-order valence-corrected chi connectivity index (χ1v) is 3.95. The second kappa shape index (κ2) is 4.20. The highest BCUT2D eigenvalue weighted by molar-refractivity contribution is 5.83. The monoisotopic (exact) mass is 188 g/mol. The summed E-state index contributed by atoms with van der Waals surface area (Å²) in [6.45, 7) is 1.53. The lowest BCUT2D eigenvalue weighted by atomic mass is 10.4. The lowest BCUT2D eigenvalue weighted by molar-refractivity contribution is -0.168. The van der Waals surface area contributed by atoms with Crippen molar-refractivity contribution in [2.24, 2.45) is 0 Å². The maximum atomic E-state index is 11.2. The first-order chi connectivity index (χ1) is 6.09. The minimum absolute atomic E-state index is 0.0952. The number of nitrogens with zero attached hydrogens (tertiary/aromatic N) is 1. The molecule has 0 spiro atoms. The van der Waals surface area contributed by atoms with Gasteiger partial charge in [-0.25, -0.2) is 5.06 Å². The third-order valence-electron chi connectivity index (χ3n) is 1.57. The van der Waals surface area contributed by atoms with Crippen LogP contribution in [0.15, 0.2) is 0 Å². The van der Waals surface area contributed by atoms with Gasteiger partial charge in [-0.2, -0.15) is 0 Å². The van der Waals surface area contributed by atoms with Gasteiger partial charge < -0.3 is 10.4 Å². The largest absolute Gasteiger partial charge is 0.389 e. The van der Waals surface area contributed by atoms with Crippen LogP contribution in [0.2, 0.25) is 0 Å². The van der Waals surface area contributed by atoms with Gasteiger partial charge in [0.2, 0.25) is 5.91 Å². The number of hydroxylamine groups is 2. The molecular weight excluding hydrogens is 176 g/mol. The van der Waals surface area contributed by atoms with E-state index in [9.17, 15) is 9.59 Å². The lowest BCUT2D eigenvalue weighted by Gasteiger charge is -2.13. The van der Waals surface area contributed by atoms with Crippen molar-refractivity contribution < 1.29 is 19.5 Å². The van der Waals surface area contributed by atoms with Crippen molar-refractivity contribution in [3.8, 4) is 0 Å². The summed E-state index contributed by atoms with van der Waals surface area (Å²) in [5.74, 6) is -0.625. The number of hydrogen-bond acceptors (Lipinski definition) is 4. The van der Waals surface area contributed by atoms with E-state index in [0.29, 0.717) is 0 Å². The van der Waals surface area contributed by atoms with Crippen LogP contribution in [0.25, 0.3) is 0 Å². The summed E-state index contributed by atoms with van der Waals surface area (Å²) < 4.78 is 0. The molecule has 1 heterocycles. The number of amides is 2. The molecule has 6 nitrogen and oxygen atoms in total. The van der Waals surface area contributed by atoms with Crippen molar-refractivity contribution >= 4 is 11.8 Å². The number of aliphatic hydroxyl groups is 1. The van der Waals surface area contributed by atoms with Crippen LogP contribution in [0.4, 0.5) is 0 Å². The molecule has 0 aromatic rings. The molecule has 1 atom stereocenters. The molecule has 74 valence electrons. The summed E-state index contributed by atoms with van der Waals surface area (Å²) in [5, 5.41) is 12.4. The highest BCUT2D eigenvalue weighted by Gasteiger charge is 2.25. The Kier molecular flexibility index (Phi) is 3.21. The van der Waals surface area contributed by atoms with E-state index in [1.165, 1.54) is 6.92 Å². The van der Waals surface area contributed by atoms with Gasteiger partial charge in [-0.15, -0.1) is 0 Å². The number of rotatable bonds is 2. The van der Waals surface area contributed by atoms with E-state index in [-0.39, 0.29) is 31.5 Å². The van der Waals surface area contributed by atoms with E-state index >= 15 is 0 Å². The molecular formula is C7H12N2O4. The van der Waals surface area contributed by atoms with E-state index < -0.39 is 6.10 Å².